The van der Waals surface area contributed by atoms with Crippen molar-refractivity contribution in [2.45, 2.75) is 32.8 Å². The molecule has 0 saturated heterocycles. The van der Waals surface area contributed by atoms with Crippen molar-refractivity contribution in [3.63, 3.8) is 0 Å². The molecule has 0 radical (unpaired) electrons. The zero-order chi connectivity index (χ0) is 18.2. The standard InChI is InChI=1S/C22H22O3/c1-5-14-22(25-20(24)21(2,3)4)17-12-8-6-10-15(17)19(23)16-11-7-9-13-18(16)22/h5-13H,1,14H2,2-4H3. The second-order valence-corrected chi connectivity index (χ2v) is 7.38. The van der Waals surface area contributed by atoms with Crippen molar-refractivity contribution >= 4 is 11.8 Å². The van der Waals surface area contributed by atoms with Gasteiger partial charge >= 0.3 is 5.97 Å². The zero-order valence-corrected chi connectivity index (χ0v) is 14.8. The summed E-state index contributed by atoms with van der Waals surface area (Å²) < 4.78 is 6.12. The Kier molecular flexibility index (Phi) is 4.11. The van der Waals surface area contributed by atoms with Gasteiger partial charge in [-0.05, 0) is 20.8 Å². The fraction of sp³-hybridized carbons (Fsp3) is 0.273. The molecule has 2 aromatic rings. The average Bonchev–Trinajstić information content (AvgIpc) is 2.59. The maximum absolute atomic E-state index is 12.9. The lowest BCUT2D eigenvalue weighted by Crippen LogP contribution is -2.42. The van der Waals surface area contributed by atoms with Crippen molar-refractivity contribution < 1.29 is 14.3 Å². The van der Waals surface area contributed by atoms with Gasteiger partial charge in [0.2, 0.25) is 0 Å². The molecule has 2 aromatic carbocycles. The quantitative estimate of drug-likeness (QED) is 0.607. The van der Waals surface area contributed by atoms with Crippen LogP contribution in [0.5, 0.6) is 0 Å². The average molecular weight is 334 g/mol. The lowest BCUT2D eigenvalue weighted by atomic mass is 9.72. The topological polar surface area (TPSA) is 43.4 Å². The van der Waals surface area contributed by atoms with Crippen LogP contribution in [0.15, 0.2) is 61.2 Å². The molecule has 0 heterocycles. The van der Waals surface area contributed by atoms with Gasteiger partial charge in [0, 0.05) is 28.7 Å². The van der Waals surface area contributed by atoms with Gasteiger partial charge in [0.25, 0.3) is 0 Å². The third-order valence-electron chi connectivity index (χ3n) is 4.52. The number of carbonyl (C=O) groups is 2. The van der Waals surface area contributed by atoms with Gasteiger partial charge in [-0.1, -0.05) is 54.6 Å². The first-order valence-corrected chi connectivity index (χ1v) is 8.39. The Morgan fingerprint density at radius 3 is 1.96 bits per heavy atom. The zero-order valence-electron chi connectivity index (χ0n) is 14.8. The largest absolute Gasteiger partial charge is 0.448 e. The smallest absolute Gasteiger partial charge is 0.312 e. The van der Waals surface area contributed by atoms with Gasteiger partial charge in [-0.15, -0.1) is 6.58 Å². The first-order valence-electron chi connectivity index (χ1n) is 8.39. The molecular formula is C22H22O3. The highest BCUT2D eigenvalue weighted by Crippen LogP contribution is 2.46. The van der Waals surface area contributed by atoms with Crippen LogP contribution in [0.1, 0.15) is 54.2 Å². The van der Waals surface area contributed by atoms with Crippen molar-refractivity contribution in [3.8, 4) is 0 Å². The number of esters is 1. The predicted octanol–water partition coefficient (Wildman–Crippen LogP) is 4.64. The van der Waals surface area contributed by atoms with Gasteiger partial charge < -0.3 is 4.74 Å². The van der Waals surface area contributed by atoms with Crippen molar-refractivity contribution in [1.29, 1.82) is 0 Å². The molecule has 0 aliphatic heterocycles. The van der Waals surface area contributed by atoms with Crippen LogP contribution in [0.25, 0.3) is 0 Å². The van der Waals surface area contributed by atoms with Gasteiger partial charge in [-0.2, -0.15) is 0 Å². The summed E-state index contributed by atoms with van der Waals surface area (Å²) in [5, 5.41) is 0. The molecule has 0 atom stereocenters. The molecule has 0 aromatic heterocycles. The number of fused-ring (bicyclic) bond motifs is 2. The Bertz CT molecular complexity index is 806. The monoisotopic (exact) mass is 334 g/mol. The molecule has 1 aliphatic carbocycles. The number of ketones is 1. The maximum Gasteiger partial charge on any atom is 0.312 e. The molecule has 3 rings (SSSR count). The first kappa shape index (κ1) is 17.2. The van der Waals surface area contributed by atoms with Crippen LogP contribution < -0.4 is 0 Å². The van der Waals surface area contributed by atoms with Gasteiger partial charge in [0.1, 0.15) is 0 Å². The summed E-state index contributed by atoms with van der Waals surface area (Å²) in [5.74, 6) is -0.356. The van der Waals surface area contributed by atoms with Crippen molar-refractivity contribution in [2.75, 3.05) is 0 Å². The molecule has 0 saturated carbocycles. The van der Waals surface area contributed by atoms with E-state index < -0.39 is 11.0 Å². The number of hydrogen-bond donors (Lipinski definition) is 0. The first-order chi connectivity index (χ1) is 11.8. The summed E-state index contributed by atoms with van der Waals surface area (Å²) in [4.78, 5) is 25.7. The van der Waals surface area contributed by atoms with Crippen molar-refractivity contribution in [3.05, 3.63) is 83.4 Å². The second-order valence-electron chi connectivity index (χ2n) is 7.38. The highest BCUT2D eigenvalue weighted by atomic mass is 16.6. The lowest BCUT2D eigenvalue weighted by molar-refractivity contribution is -0.166. The van der Waals surface area contributed by atoms with E-state index in [9.17, 15) is 9.59 Å². The van der Waals surface area contributed by atoms with Crippen LogP contribution in [-0.4, -0.2) is 11.8 Å². The summed E-state index contributed by atoms with van der Waals surface area (Å²) >= 11 is 0. The molecule has 0 bridgehead atoms. The number of ether oxygens (including phenoxy) is 1. The maximum atomic E-state index is 12.9. The fourth-order valence-electron chi connectivity index (χ4n) is 3.24. The Hall–Kier alpha value is -2.68. The molecule has 0 fully saturated rings. The molecule has 0 unspecified atom stereocenters. The summed E-state index contributed by atoms with van der Waals surface area (Å²) in [6, 6.07) is 14.7. The van der Waals surface area contributed by atoms with E-state index in [0.717, 1.165) is 11.1 Å². The third kappa shape index (κ3) is 2.70. The molecular weight excluding hydrogens is 312 g/mol. The van der Waals surface area contributed by atoms with E-state index in [1.807, 2.05) is 57.2 Å². The van der Waals surface area contributed by atoms with E-state index in [2.05, 4.69) is 6.58 Å². The van der Waals surface area contributed by atoms with Gasteiger partial charge in [0.15, 0.2) is 11.4 Å². The van der Waals surface area contributed by atoms with Gasteiger partial charge in [0.05, 0.1) is 5.41 Å². The van der Waals surface area contributed by atoms with E-state index >= 15 is 0 Å². The molecule has 0 N–H and O–H groups in total. The third-order valence-corrected chi connectivity index (χ3v) is 4.52. The highest BCUT2D eigenvalue weighted by Gasteiger charge is 2.47. The van der Waals surface area contributed by atoms with E-state index in [0.29, 0.717) is 17.5 Å². The van der Waals surface area contributed by atoms with Crippen LogP contribution in [-0.2, 0) is 15.1 Å². The van der Waals surface area contributed by atoms with Crippen LogP contribution in [0.2, 0.25) is 0 Å². The van der Waals surface area contributed by atoms with E-state index in [1.54, 1.807) is 18.2 Å². The number of benzene rings is 2. The second kappa shape index (κ2) is 5.99. The molecule has 25 heavy (non-hydrogen) atoms. The van der Waals surface area contributed by atoms with Crippen LogP contribution in [0.4, 0.5) is 0 Å². The van der Waals surface area contributed by atoms with Gasteiger partial charge in [-0.25, -0.2) is 0 Å². The molecule has 3 heteroatoms. The lowest BCUT2D eigenvalue weighted by Gasteiger charge is -2.40. The van der Waals surface area contributed by atoms with E-state index in [-0.39, 0.29) is 11.8 Å². The Balaban J connectivity index is 2.30. The minimum Gasteiger partial charge on any atom is -0.448 e. The molecule has 128 valence electrons. The summed E-state index contributed by atoms with van der Waals surface area (Å²) in [5.41, 5.74) is 0.897. The summed E-state index contributed by atoms with van der Waals surface area (Å²) in [7, 11) is 0. The normalized spacial score (nSPS) is 15.1. The highest BCUT2D eigenvalue weighted by molar-refractivity contribution is 6.13. The molecule has 1 aliphatic rings. The van der Waals surface area contributed by atoms with Crippen molar-refractivity contribution in [2.24, 2.45) is 5.41 Å². The van der Waals surface area contributed by atoms with Crippen LogP contribution in [0, 0.1) is 5.41 Å². The molecule has 0 amide bonds. The van der Waals surface area contributed by atoms with Crippen molar-refractivity contribution in [1.82, 2.24) is 0 Å². The minimum atomic E-state index is -1.03. The van der Waals surface area contributed by atoms with Crippen LogP contribution >= 0.6 is 0 Å². The Labute approximate surface area is 148 Å². The minimum absolute atomic E-state index is 0.0438. The Morgan fingerprint density at radius 2 is 1.52 bits per heavy atom. The molecule has 3 nitrogen and oxygen atoms in total. The summed E-state index contributed by atoms with van der Waals surface area (Å²) in [6.45, 7) is 9.32. The van der Waals surface area contributed by atoms with Crippen LogP contribution in [0.3, 0.4) is 0 Å². The molecule has 0 spiro atoms. The summed E-state index contributed by atoms with van der Waals surface area (Å²) in [6.07, 6.45) is 2.13. The number of rotatable bonds is 3. The SMILES string of the molecule is C=CCC1(OC(=O)C(C)(C)C)c2ccccc2C(=O)c2ccccc21. The fourth-order valence-corrected chi connectivity index (χ4v) is 3.24. The van der Waals surface area contributed by atoms with Gasteiger partial charge in [-0.3, -0.25) is 9.59 Å². The van der Waals surface area contributed by atoms with E-state index in [1.165, 1.54) is 0 Å². The predicted molar refractivity (Wildman–Crippen MR) is 97.5 cm³/mol. The Morgan fingerprint density at radius 1 is 1.04 bits per heavy atom. The van der Waals surface area contributed by atoms with E-state index in [4.69, 9.17) is 4.74 Å². The number of carbonyl (C=O) groups excluding carboxylic acids is 2. The number of hydrogen-bond acceptors (Lipinski definition) is 3.